The Morgan fingerprint density at radius 2 is 1.79 bits per heavy atom. The number of benzene rings is 1. The van der Waals surface area contributed by atoms with Gasteiger partial charge in [-0.1, -0.05) is 29.3 Å². The number of carboxylic acids is 1. The molecule has 3 nitrogen and oxygen atoms in total. The van der Waals surface area contributed by atoms with Crippen molar-refractivity contribution in [3.63, 3.8) is 0 Å². The smallest absolute Gasteiger partial charge is 0.417 e. The zero-order valence-electron chi connectivity index (χ0n) is 9.68. The number of hydrogen-bond acceptors (Lipinski definition) is 2. The van der Waals surface area contributed by atoms with Gasteiger partial charge in [0.25, 0.3) is 0 Å². The predicted molar refractivity (Wildman–Crippen MR) is 65.4 cm³/mol. The lowest BCUT2D eigenvalue weighted by molar-refractivity contribution is -0.206. The molecule has 0 aliphatic rings. The SMILES string of the molecule is CC(NCc1c(Cl)cccc1Cl)(C(=O)O)C(F)(F)F. The Balaban J connectivity index is 2.99. The third-order valence-corrected chi connectivity index (χ3v) is 3.38. The number of nitrogens with one attached hydrogen (secondary N) is 1. The molecule has 19 heavy (non-hydrogen) atoms. The second-order valence-corrected chi connectivity index (χ2v) is 4.80. The molecule has 106 valence electrons. The second kappa shape index (κ2) is 5.56. The fourth-order valence-electron chi connectivity index (χ4n) is 1.26. The van der Waals surface area contributed by atoms with Crippen LogP contribution in [0.15, 0.2) is 18.2 Å². The zero-order valence-corrected chi connectivity index (χ0v) is 11.2. The average Bonchev–Trinajstić information content (AvgIpc) is 2.26. The van der Waals surface area contributed by atoms with E-state index in [0.717, 1.165) is 0 Å². The van der Waals surface area contributed by atoms with Gasteiger partial charge in [-0.3, -0.25) is 5.32 Å². The Hall–Kier alpha value is -0.980. The van der Waals surface area contributed by atoms with Gasteiger partial charge >= 0.3 is 12.1 Å². The summed E-state index contributed by atoms with van der Waals surface area (Å²) in [6, 6.07) is 4.45. The summed E-state index contributed by atoms with van der Waals surface area (Å²) in [4.78, 5) is 10.8. The van der Waals surface area contributed by atoms with Crippen molar-refractivity contribution in [3.05, 3.63) is 33.8 Å². The maximum Gasteiger partial charge on any atom is 0.417 e. The number of hydrogen-bond donors (Lipinski definition) is 2. The van der Waals surface area contributed by atoms with E-state index in [-0.39, 0.29) is 15.6 Å². The first kappa shape index (κ1) is 16.1. The van der Waals surface area contributed by atoms with Gasteiger partial charge in [0.05, 0.1) is 0 Å². The molecule has 1 aromatic carbocycles. The molecule has 0 heterocycles. The Morgan fingerprint density at radius 3 is 2.16 bits per heavy atom. The molecular formula is C11H10Cl2F3NO2. The van der Waals surface area contributed by atoms with Gasteiger partial charge in [-0.25, -0.2) is 4.79 Å². The zero-order chi connectivity index (χ0) is 14.8. The second-order valence-electron chi connectivity index (χ2n) is 3.98. The molecule has 0 radical (unpaired) electrons. The van der Waals surface area contributed by atoms with Gasteiger partial charge in [0, 0.05) is 22.2 Å². The van der Waals surface area contributed by atoms with Gasteiger partial charge < -0.3 is 5.11 Å². The van der Waals surface area contributed by atoms with Crippen LogP contribution < -0.4 is 5.32 Å². The van der Waals surface area contributed by atoms with Crippen molar-refractivity contribution in [1.82, 2.24) is 5.32 Å². The number of aliphatic carboxylic acids is 1. The Bertz CT molecular complexity index is 473. The summed E-state index contributed by atoms with van der Waals surface area (Å²) in [5.41, 5.74) is -2.86. The molecule has 0 aromatic heterocycles. The fourth-order valence-corrected chi connectivity index (χ4v) is 1.79. The van der Waals surface area contributed by atoms with E-state index >= 15 is 0 Å². The molecule has 0 amide bonds. The molecule has 0 spiro atoms. The van der Waals surface area contributed by atoms with E-state index in [1.165, 1.54) is 18.2 Å². The fraction of sp³-hybridized carbons (Fsp3) is 0.364. The first-order valence-electron chi connectivity index (χ1n) is 5.07. The minimum absolute atomic E-state index is 0.162. The molecule has 0 bridgehead atoms. The normalized spacial score (nSPS) is 15.1. The number of alkyl halides is 3. The van der Waals surface area contributed by atoms with E-state index in [4.69, 9.17) is 28.3 Å². The maximum atomic E-state index is 12.7. The van der Waals surface area contributed by atoms with Crippen molar-refractivity contribution in [1.29, 1.82) is 0 Å². The highest BCUT2D eigenvalue weighted by Crippen LogP contribution is 2.32. The Kier molecular flexibility index (Phi) is 4.71. The molecule has 1 rings (SSSR count). The largest absolute Gasteiger partial charge is 0.480 e. The summed E-state index contributed by atoms with van der Waals surface area (Å²) >= 11 is 11.6. The minimum Gasteiger partial charge on any atom is -0.480 e. The third-order valence-electron chi connectivity index (χ3n) is 2.68. The van der Waals surface area contributed by atoms with Crippen molar-refractivity contribution in [3.8, 4) is 0 Å². The number of rotatable bonds is 4. The van der Waals surface area contributed by atoms with Crippen molar-refractivity contribution >= 4 is 29.2 Å². The van der Waals surface area contributed by atoms with E-state index < -0.39 is 24.2 Å². The van der Waals surface area contributed by atoms with Crippen molar-refractivity contribution in [2.45, 2.75) is 25.2 Å². The molecule has 0 saturated heterocycles. The summed E-state index contributed by atoms with van der Waals surface area (Å²) in [7, 11) is 0. The molecule has 0 aliphatic heterocycles. The number of carbonyl (C=O) groups is 1. The molecular weight excluding hydrogens is 306 g/mol. The maximum absolute atomic E-state index is 12.7. The first-order valence-corrected chi connectivity index (χ1v) is 5.83. The monoisotopic (exact) mass is 315 g/mol. The van der Waals surface area contributed by atoms with E-state index in [2.05, 4.69) is 0 Å². The van der Waals surface area contributed by atoms with E-state index in [0.29, 0.717) is 6.92 Å². The summed E-state index contributed by atoms with van der Waals surface area (Å²) in [6.07, 6.45) is -4.95. The van der Waals surface area contributed by atoms with Crippen LogP contribution in [0.4, 0.5) is 13.2 Å². The molecule has 1 aromatic rings. The van der Waals surface area contributed by atoms with Gasteiger partial charge in [-0.05, 0) is 19.1 Å². The topological polar surface area (TPSA) is 49.3 Å². The standard InChI is InChI=1S/C11H10Cl2F3NO2/c1-10(9(18)19,11(14,15)16)17-5-6-7(12)3-2-4-8(6)13/h2-4,17H,5H2,1H3,(H,18,19). The van der Waals surface area contributed by atoms with Crippen LogP contribution >= 0.6 is 23.2 Å². The van der Waals surface area contributed by atoms with Crippen LogP contribution in [-0.2, 0) is 11.3 Å². The summed E-state index contributed by atoms with van der Waals surface area (Å²) in [5.74, 6) is -2.02. The molecule has 0 fully saturated rings. The van der Waals surface area contributed by atoms with Gasteiger partial charge in [0.1, 0.15) is 0 Å². The van der Waals surface area contributed by atoms with Crippen LogP contribution in [0.25, 0.3) is 0 Å². The lowest BCUT2D eigenvalue weighted by Gasteiger charge is -2.29. The van der Waals surface area contributed by atoms with Crippen molar-refractivity contribution < 1.29 is 23.1 Å². The summed E-state index contributed by atoms with van der Waals surface area (Å²) in [5, 5.41) is 11.0. The lowest BCUT2D eigenvalue weighted by Crippen LogP contribution is -2.59. The van der Waals surface area contributed by atoms with Crippen LogP contribution in [0.3, 0.4) is 0 Å². The van der Waals surface area contributed by atoms with E-state index in [1.54, 1.807) is 0 Å². The highest BCUT2D eigenvalue weighted by Gasteiger charge is 2.57. The Labute approximate surface area is 117 Å². The quantitative estimate of drug-likeness (QED) is 0.894. The highest BCUT2D eigenvalue weighted by atomic mass is 35.5. The molecule has 0 saturated carbocycles. The van der Waals surface area contributed by atoms with Crippen molar-refractivity contribution in [2.24, 2.45) is 0 Å². The van der Waals surface area contributed by atoms with Crippen LogP contribution in [0.2, 0.25) is 10.0 Å². The minimum atomic E-state index is -4.95. The van der Waals surface area contributed by atoms with Gasteiger partial charge in [0.2, 0.25) is 5.54 Å². The van der Waals surface area contributed by atoms with Gasteiger partial charge in [-0.15, -0.1) is 0 Å². The predicted octanol–water partition coefficient (Wildman–Crippen LogP) is 3.49. The van der Waals surface area contributed by atoms with Crippen LogP contribution in [0.5, 0.6) is 0 Å². The van der Waals surface area contributed by atoms with Crippen molar-refractivity contribution in [2.75, 3.05) is 0 Å². The third kappa shape index (κ3) is 3.32. The number of halogens is 5. The van der Waals surface area contributed by atoms with E-state index in [1.807, 2.05) is 5.32 Å². The molecule has 1 atom stereocenters. The Morgan fingerprint density at radius 1 is 1.32 bits per heavy atom. The van der Waals surface area contributed by atoms with Gasteiger partial charge in [0.15, 0.2) is 0 Å². The molecule has 8 heteroatoms. The first-order chi connectivity index (χ1) is 8.59. The summed E-state index contributed by atoms with van der Waals surface area (Å²) < 4.78 is 38.2. The number of carboxylic acid groups (broad SMARTS) is 1. The average molecular weight is 316 g/mol. The molecule has 2 N–H and O–H groups in total. The summed E-state index contributed by atoms with van der Waals surface area (Å²) in [6.45, 7) is 0.126. The van der Waals surface area contributed by atoms with Crippen LogP contribution in [0, 0.1) is 0 Å². The highest BCUT2D eigenvalue weighted by molar-refractivity contribution is 6.35. The lowest BCUT2D eigenvalue weighted by atomic mass is 10.0. The van der Waals surface area contributed by atoms with E-state index in [9.17, 15) is 18.0 Å². The van der Waals surface area contributed by atoms with Gasteiger partial charge in [-0.2, -0.15) is 13.2 Å². The molecule has 1 unspecified atom stereocenters. The van der Waals surface area contributed by atoms with Crippen LogP contribution in [0.1, 0.15) is 12.5 Å². The molecule has 0 aliphatic carbocycles. The van der Waals surface area contributed by atoms with Crippen LogP contribution in [-0.4, -0.2) is 22.8 Å².